The second-order valence-electron chi connectivity index (χ2n) is 8.04. The van der Waals surface area contributed by atoms with Gasteiger partial charge in [0.15, 0.2) is 0 Å². The number of hydrogen-bond acceptors (Lipinski definition) is 5. The van der Waals surface area contributed by atoms with Crippen molar-refractivity contribution in [3.05, 3.63) is 66.9 Å². The van der Waals surface area contributed by atoms with Crippen molar-refractivity contribution < 1.29 is 12.8 Å². The Hall–Kier alpha value is -3.24. The standard InChI is InChI=1S/C22H23FN6O2S/c1-16-14-27(9-10-28(16)32(30,31)21-13-24-26(2)15-21)20-7-8-22-17(11-20)12-25-29(22)19-5-3-18(23)4-6-19/h3-8,11-13,15-16H,9-10,14H2,1-2H3. The predicted molar refractivity (Wildman–Crippen MR) is 120 cm³/mol. The van der Waals surface area contributed by atoms with E-state index in [1.807, 2.05) is 19.1 Å². The summed E-state index contributed by atoms with van der Waals surface area (Å²) in [6, 6.07) is 12.1. The molecule has 8 nitrogen and oxygen atoms in total. The van der Waals surface area contributed by atoms with Crippen molar-refractivity contribution in [2.24, 2.45) is 7.05 Å². The first-order valence-corrected chi connectivity index (χ1v) is 11.8. The molecule has 32 heavy (non-hydrogen) atoms. The number of aromatic nitrogens is 4. The molecule has 0 amide bonds. The predicted octanol–water partition coefficient (Wildman–Crippen LogP) is 2.80. The summed E-state index contributed by atoms with van der Waals surface area (Å²) in [6.07, 6.45) is 4.71. The van der Waals surface area contributed by atoms with Crippen LogP contribution in [0.15, 0.2) is 66.0 Å². The SMILES string of the molecule is CC1CN(c2ccc3c(cnn3-c3ccc(F)cc3)c2)CCN1S(=O)(=O)c1cnn(C)c1. The molecule has 0 bridgehead atoms. The van der Waals surface area contributed by atoms with Crippen molar-refractivity contribution in [1.82, 2.24) is 23.9 Å². The molecule has 1 aliphatic rings. The minimum Gasteiger partial charge on any atom is -0.369 e. The van der Waals surface area contributed by atoms with Crippen LogP contribution in [0.25, 0.3) is 16.6 Å². The molecule has 0 saturated carbocycles. The third kappa shape index (κ3) is 3.55. The molecule has 2 aromatic carbocycles. The van der Waals surface area contributed by atoms with Crippen molar-refractivity contribution in [2.75, 3.05) is 24.5 Å². The zero-order valence-corrected chi connectivity index (χ0v) is 18.6. The monoisotopic (exact) mass is 454 g/mol. The number of anilines is 1. The number of aryl methyl sites for hydroxylation is 1. The Morgan fingerprint density at radius 1 is 1.00 bits per heavy atom. The summed E-state index contributed by atoms with van der Waals surface area (Å²) in [5, 5.41) is 9.42. The van der Waals surface area contributed by atoms with Gasteiger partial charge in [-0.15, -0.1) is 0 Å². The number of nitrogens with zero attached hydrogens (tertiary/aromatic N) is 6. The van der Waals surface area contributed by atoms with Gasteiger partial charge in [0.25, 0.3) is 0 Å². The van der Waals surface area contributed by atoms with Gasteiger partial charge in [-0.25, -0.2) is 17.5 Å². The van der Waals surface area contributed by atoms with Crippen LogP contribution >= 0.6 is 0 Å². The minimum absolute atomic E-state index is 0.188. The minimum atomic E-state index is -3.58. The summed E-state index contributed by atoms with van der Waals surface area (Å²) >= 11 is 0. The van der Waals surface area contributed by atoms with Crippen molar-refractivity contribution in [3.8, 4) is 5.69 Å². The first-order valence-electron chi connectivity index (χ1n) is 10.3. The number of piperazine rings is 1. The quantitative estimate of drug-likeness (QED) is 0.474. The lowest BCUT2D eigenvalue weighted by atomic mass is 10.1. The average Bonchev–Trinajstić information content (AvgIpc) is 3.40. The molecule has 10 heteroatoms. The molecular formula is C22H23FN6O2S. The largest absolute Gasteiger partial charge is 0.369 e. The van der Waals surface area contributed by atoms with Crippen molar-refractivity contribution in [2.45, 2.75) is 17.9 Å². The fourth-order valence-corrected chi connectivity index (χ4v) is 5.80. The van der Waals surface area contributed by atoms with Gasteiger partial charge in [0.1, 0.15) is 10.7 Å². The number of rotatable bonds is 4. The molecule has 1 saturated heterocycles. The van der Waals surface area contributed by atoms with Gasteiger partial charge < -0.3 is 4.90 Å². The number of benzene rings is 2. The van der Waals surface area contributed by atoms with E-state index in [1.165, 1.54) is 29.2 Å². The van der Waals surface area contributed by atoms with Crippen LogP contribution in [-0.4, -0.2) is 58.0 Å². The zero-order valence-electron chi connectivity index (χ0n) is 17.8. The van der Waals surface area contributed by atoms with E-state index in [-0.39, 0.29) is 16.8 Å². The number of halogens is 1. The summed E-state index contributed by atoms with van der Waals surface area (Å²) in [6.45, 7) is 3.48. The molecule has 1 aliphatic heterocycles. The summed E-state index contributed by atoms with van der Waals surface area (Å²) in [5.41, 5.74) is 2.73. The molecule has 0 N–H and O–H groups in total. The van der Waals surface area contributed by atoms with E-state index in [9.17, 15) is 12.8 Å². The first-order chi connectivity index (χ1) is 15.3. The average molecular weight is 455 g/mol. The van der Waals surface area contributed by atoms with E-state index in [1.54, 1.807) is 34.4 Å². The summed E-state index contributed by atoms with van der Waals surface area (Å²) in [4.78, 5) is 2.41. The Morgan fingerprint density at radius 2 is 1.75 bits per heavy atom. The van der Waals surface area contributed by atoms with E-state index < -0.39 is 10.0 Å². The molecule has 2 aromatic heterocycles. The van der Waals surface area contributed by atoms with E-state index in [4.69, 9.17) is 0 Å². The van der Waals surface area contributed by atoms with Crippen LogP contribution in [0.4, 0.5) is 10.1 Å². The lowest BCUT2D eigenvalue weighted by Crippen LogP contribution is -2.53. The molecule has 1 fully saturated rings. The number of sulfonamides is 1. The molecule has 0 spiro atoms. The lowest BCUT2D eigenvalue weighted by Gasteiger charge is -2.39. The van der Waals surface area contributed by atoms with Crippen LogP contribution in [0.5, 0.6) is 0 Å². The van der Waals surface area contributed by atoms with Crippen molar-refractivity contribution >= 4 is 26.6 Å². The first kappa shape index (κ1) is 20.7. The third-order valence-corrected chi connectivity index (χ3v) is 7.81. The Labute approximate surface area is 185 Å². The molecule has 5 rings (SSSR count). The zero-order chi connectivity index (χ0) is 22.5. The maximum absolute atomic E-state index is 13.3. The fourth-order valence-electron chi connectivity index (χ4n) is 4.21. The van der Waals surface area contributed by atoms with E-state index in [0.29, 0.717) is 19.6 Å². The van der Waals surface area contributed by atoms with Gasteiger partial charge in [-0.3, -0.25) is 4.68 Å². The van der Waals surface area contributed by atoms with Crippen LogP contribution in [0.1, 0.15) is 6.92 Å². The van der Waals surface area contributed by atoms with Crippen LogP contribution < -0.4 is 4.90 Å². The smallest absolute Gasteiger partial charge is 0.246 e. The molecule has 3 heterocycles. The van der Waals surface area contributed by atoms with Gasteiger partial charge in [0, 0.05) is 50.0 Å². The van der Waals surface area contributed by atoms with Crippen LogP contribution in [0.2, 0.25) is 0 Å². The topological polar surface area (TPSA) is 76.3 Å². The second-order valence-corrected chi connectivity index (χ2v) is 9.93. The number of hydrogen-bond donors (Lipinski definition) is 0. The molecule has 1 unspecified atom stereocenters. The lowest BCUT2D eigenvalue weighted by molar-refractivity contribution is 0.307. The highest BCUT2D eigenvalue weighted by atomic mass is 32.2. The molecule has 0 radical (unpaired) electrons. The van der Waals surface area contributed by atoms with E-state index in [2.05, 4.69) is 21.2 Å². The van der Waals surface area contributed by atoms with Crippen LogP contribution in [0.3, 0.4) is 0 Å². The van der Waals surface area contributed by atoms with Gasteiger partial charge in [-0.05, 0) is 49.4 Å². The van der Waals surface area contributed by atoms with Gasteiger partial charge in [0.2, 0.25) is 10.0 Å². The molecule has 1 atom stereocenters. The normalized spacial score (nSPS) is 17.8. The summed E-state index contributed by atoms with van der Waals surface area (Å²) in [7, 11) is -1.87. The van der Waals surface area contributed by atoms with E-state index in [0.717, 1.165) is 22.3 Å². The highest BCUT2D eigenvalue weighted by Crippen LogP contribution is 2.28. The maximum atomic E-state index is 13.3. The second kappa shape index (κ2) is 7.72. The van der Waals surface area contributed by atoms with E-state index >= 15 is 0 Å². The Balaban J connectivity index is 1.37. The Morgan fingerprint density at radius 3 is 2.44 bits per heavy atom. The molecule has 166 valence electrons. The van der Waals surface area contributed by atoms with Gasteiger partial charge in [-0.2, -0.15) is 14.5 Å². The number of fused-ring (bicyclic) bond motifs is 1. The Bertz CT molecular complexity index is 1380. The molecule has 0 aliphatic carbocycles. The van der Waals surface area contributed by atoms with Gasteiger partial charge in [-0.1, -0.05) is 0 Å². The van der Waals surface area contributed by atoms with Gasteiger partial charge in [0.05, 0.1) is 23.6 Å². The fraction of sp³-hybridized carbons (Fsp3) is 0.273. The van der Waals surface area contributed by atoms with Crippen LogP contribution in [0, 0.1) is 5.82 Å². The van der Waals surface area contributed by atoms with Crippen molar-refractivity contribution in [3.63, 3.8) is 0 Å². The van der Waals surface area contributed by atoms with Crippen molar-refractivity contribution in [1.29, 1.82) is 0 Å². The maximum Gasteiger partial charge on any atom is 0.246 e. The van der Waals surface area contributed by atoms with Crippen LogP contribution in [-0.2, 0) is 17.1 Å². The molecular weight excluding hydrogens is 431 g/mol. The third-order valence-electron chi connectivity index (χ3n) is 5.84. The highest BCUT2D eigenvalue weighted by molar-refractivity contribution is 7.89. The highest BCUT2D eigenvalue weighted by Gasteiger charge is 2.34. The molecule has 4 aromatic rings. The summed E-state index contributed by atoms with van der Waals surface area (Å²) < 4.78 is 44.1. The van der Waals surface area contributed by atoms with Gasteiger partial charge >= 0.3 is 0 Å². The Kier molecular flexibility index (Phi) is 4.98. The summed E-state index contributed by atoms with van der Waals surface area (Å²) in [5.74, 6) is -0.286.